The molecule has 9 heteroatoms. The van der Waals surface area contributed by atoms with Crippen LogP contribution in [0.1, 0.15) is 38.5 Å². The second kappa shape index (κ2) is 5.38. The van der Waals surface area contributed by atoms with E-state index in [4.69, 9.17) is 4.52 Å². The molecule has 0 amide bonds. The molecule has 2 aromatic rings. The Morgan fingerprint density at radius 3 is 2.52 bits per heavy atom. The lowest BCUT2D eigenvalue weighted by molar-refractivity contribution is 0.148. The highest BCUT2D eigenvalue weighted by molar-refractivity contribution is 7.92. The van der Waals surface area contributed by atoms with Crippen LogP contribution in [0.4, 0.5) is 14.7 Å². The van der Waals surface area contributed by atoms with Gasteiger partial charge >= 0.3 is 0 Å². The van der Waals surface area contributed by atoms with Gasteiger partial charge in [0.25, 0.3) is 16.4 Å². The van der Waals surface area contributed by atoms with Crippen LogP contribution >= 0.6 is 11.3 Å². The van der Waals surface area contributed by atoms with E-state index in [0.717, 1.165) is 22.1 Å². The Hall–Kier alpha value is -1.48. The van der Waals surface area contributed by atoms with Gasteiger partial charge in [-0.1, -0.05) is 25.9 Å². The van der Waals surface area contributed by atoms with Crippen molar-refractivity contribution in [2.45, 2.75) is 37.5 Å². The molecule has 0 saturated carbocycles. The lowest BCUT2D eigenvalue weighted by Gasteiger charge is -2.12. The Morgan fingerprint density at radius 1 is 1.33 bits per heavy atom. The number of hydrogen-bond acceptors (Lipinski definition) is 5. The Kier molecular flexibility index (Phi) is 4.07. The highest BCUT2D eigenvalue weighted by Gasteiger charge is 2.27. The third-order valence-corrected chi connectivity index (χ3v) is 5.01. The van der Waals surface area contributed by atoms with E-state index in [9.17, 15) is 17.2 Å². The topological polar surface area (TPSA) is 72.2 Å². The summed E-state index contributed by atoms with van der Waals surface area (Å²) in [6, 6.07) is 1.44. The lowest BCUT2D eigenvalue weighted by atomic mass is 9.92. The minimum absolute atomic E-state index is 0.105. The molecule has 0 fully saturated rings. The SMILES string of the molecule is CC(C)(C)c1cc(NS(=O)(=O)c2cscc2C(F)F)on1. The van der Waals surface area contributed by atoms with Gasteiger partial charge in [-0.15, -0.1) is 0 Å². The molecule has 2 heterocycles. The number of thiophene rings is 1. The zero-order chi connectivity index (χ0) is 15.8. The molecule has 5 nitrogen and oxygen atoms in total. The number of halogens is 2. The highest BCUT2D eigenvalue weighted by Crippen LogP contribution is 2.31. The van der Waals surface area contributed by atoms with Crippen molar-refractivity contribution in [2.75, 3.05) is 4.72 Å². The fraction of sp³-hybridized carbons (Fsp3) is 0.417. The molecular weight excluding hydrogens is 322 g/mol. The molecule has 0 aromatic carbocycles. The average Bonchev–Trinajstić information content (AvgIpc) is 2.93. The van der Waals surface area contributed by atoms with Crippen LogP contribution in [0, 0.1) is 0 Å². The molecule has 21 heavy (non-hydrogen) atoms. The van der Waals surface area contributed by atoms with Crippen LogP contribution in [0.15, 0.2) is 26.2 Å². The lowest BCUT2D eigenvalue weighted by Crippen LogP contribution is -2.14. The second-order valence-electron chi connectivity index (χ2n) is 5.42. The standard InChI is InChI=1S/C12H14F2N2O3S2/c1-12(2,3)9-4-10(19-15-9)16-21(17,18)8-6-20-5-7(8)11(13)14/h4-6,11,16H,1-3H3. The Balaban J connectivity index is 2.30. The summed E-state index contributed by atoms with van der Waals surface area (Å²) in [4.78, 5) is -0.448. The predicted molar refractivity (Wildman–Crippen MR) is 75.3 cm³/mol. The first-order valence-electron chi connectivity index (χ1n) is 5.95. The summed E-state index contributed by atoms with van der Waals surface area (Å²) in [6.45, 7) is 5.66. The summed E-state index contributed by atoms with van der Waals surface area (Å²) in [6.07, 6.45) is -2.86. The molecule has 0 unspecified atom stereocenters. The average molecular weight is 336 g/mol. The van der Waals surface area contributed by atoms with E-state index in [1.54, 1.807) is 0 Å². The van der Waals surface area contributed by atoms with E-state index in [1.807, 2.05) is 20.8 Å². The Morgan fingerprint density at radius 2 is 2.00 bits per heavy atom. The maximum atomic E-state index is 12.8. The number of rotatable bonds is 4. The molecule has 1 N–H and O–H groups in total. The number of hydrogen-bond donors (Lipinski definition) is 1. The molecule has 0 saturated heterocycles. The third-order valence-electron chi connectivity index (χ3n) is 2.69. The molecule has 2 aromatic heterocycles. The fourth-order valence-electron chi connectivity index (χ4n) is 1.54. The number of sulfonamides is 1. The van der Waals surface area contributed by atoms with Crippen LogP contribution < -0.4 is 4.72 Å². The summed E-state index contributed by atoms with van der Waals surface area (Å²) >= 11 is 0.896. The molecule has 0 spiro atoms. The fourth-order valence-corrected chi connectivity index (χ4v) is 3.92. The van der Waals surface area contributed by atoms with Gasteiger partial charge in [0, 0.05) is 27.8 Å². The summed E-state index contributed by atoms with van der Waals surface area (Å²) < 4.78 is 56.8. The summed E-state index contributed by atoms with van der Waals surface area (Å²) in [5, 5.41) is 6.03. The van der Waals surface area contributed by atoms with E-state index in [0.29, 0.717) is 5.69 Å². The van der Waals surface area contributed by atoms with Crippen LogP contribution in [0.2, 0.25) is 0 Å². The number of aromatic nitrogens is 1. The van der Waals surface area contributed by atoms with Crippen molar-refractivity contribution in [3.63, 3.8) is 0 Å². The van der Waals surface area contributed by atoms with E-state index in [2.05, 4.69) is 9.88 Å². The zero-order valence-corrected chi connectivity index (χ0v) is 13.2. The van der Waals surface area contributed by atoms with Crippen LogP contribution in [-0.2, 0) is 15.4 Å². The number of nitrogens with zero attached hydrogens (tertiary/aromatic N) is 1. The molecule has 0 radical (unpaired) electrons. The molecular formula is C12H14F2N2O3S2. The van der Waals surface area contributed by atoms with Crippen molar-refractivity contribution in [1.29, 1.82) is 0 Å². The smallest absolute Gasteiger partial charge is 0.265 e. The number of anilines is 1. The number of alkyl halides is 2. The van der Waals surface area contributed by atoms with Crippen LogP contribution in [0.5, 0.6) is 0 Å². The summed E-state index contributed by atoms with van der Waals surface area (Å²) in [7, 11) is -4.13. The van der Waals surface area contributed by atoms with Gasteiger partial charge in [-0.3, -0.25) is 0 Å². The van der Waals surface area contributed by atoms with Crippen molar-refractivity contribution in [2.24, 2.45) is 0 Å². The monoisotopic (exact) mass is 336 g/mol. The van der Waals surface area contributed by atoms with Gasteiger partial charge in [0.2, 0.25) is 5.88 Å². The molecule has 116 valence electrons. The largest absolute Gasteiger partial charge is 0.338 e. The first kappa shape index (κ1) is 15.9. The van der Waals surface area contributed by atoms with E-state index < -0.39 is 26.9 Å². The van der Waals surface area contributed by atoms with Crippen LogP contribution in [0.3, 0.4) is 0 Å². The maximum absolute atomic E-state index is 12.8. The predicted octanol–water partition coefficient (Wildman–Crippen LogP) is 3.77. The normalized spacial score (nSPS) is 12.9. The molecule has 0 aliphatic heterocycles. The van der Waals surface area contributed by atoms with Gasteiger partial charge in [-0.25, -0.2) is 21.9 Å². The molecule has 0 aliphatic rings. The first-order valence-corrected chi connectivity index (χ1v) is 8.38. The quantitative estimate of drug-likeness (QED) is 0.922. The molecule has 0 bridgehead atoms. The van der Waals surface area contributed by atoms with Crippen molar-refractivity contribution in [1.82, 2.24) is 5.16 Å². The van der Waals surface area contributed by atoms with Gasteiger partial charge in [-0.2, -0.15) is 11.3 Å². The minimum Gasteiger partial charge on any atom is -0.338 e. The molecule has 0 aliphatic carbocycles. The number of nitrogens with one attached hydrogen (secondary N) is 1. The van der Waals surface area contributed by atoms with Crippen LogP contribution in [0.25, 0.3) is 0 Å². The van der Waals surface area contributed by atoms with Crippen LogP contribution in [-0.4, -0.2) is 13.6 Å². The minimum atomic E-state index is -4.13. The van der Waals surface area contributed by atoms with Gasteiger partial charge in [-0.05, 0) is 0 Å². The van der Waals surface area contributed by atoms with E-state index in [-0.39, 0.29) is 11.3 Å². The van der Waals surface area contributed by atoms with Crippen molar-refractivity contribution in [3.05, 3.63) is 28.1 Å². The van der Waals surface area contributed by atoms with Crippen molar-refractivity contribution >= 4 is 27.2 Å². The Labute approximate surface area is 125 Å². The Bertz CT molecular complexity index is 730. The first-order chi connectivity index (χ1) is 9.61. The zero-order valence-electron chi connectivity index (χ0n) is 11.6. The van der Waals surface area contributed by atoms with Crippen molar-refractivity contribution < 1.29 is 21.7 Å². The summed E-state index contributed by atoms with van der Waals surface area (Å²) in [5.74, 6) is -0.105. The second-order valence-corrected chi connectivity index (χ2v) is 7.82. The van der Waals surface area contributed by atoms with E-state index >= 15 is 0 Å². The van der Waals surface area contributed by atoms with Crippen molar-refractivity contribution in [3.8, 4) is 0 Å². The highest BCUT2D eigenvalue weighted by atomic mass is 32.2. The molecule has 2 rings (SSSR count). The maximum Gasteiger partial charge on any atom is 0.265 e. The van der Waals surface area contributed by atoms with E-state index in [1.165, 1.54) is 6.07 Å². The van der Waals surface area contributed by atoms with Gasteiger partial charge in [0.1, 0.15) is 4.90 Å². The summed E-state index contributed by atoms with van der Waals surface area (Å²) in [5.41, 5.74) is -0.286. The molecule has 0 atom stereocenters. The third kappa shape index (κ3) is 3.41. The van der Waals surface area contributed by atoms with Gasteiger partial charge < -0.3 is 4.52 Å². The van der Waals surface area contributed by atoms with Gasteiger partial charge in [0.05, 0.1) is 5.69 Å². The van der Waals surface area contributed by atoms with Gasteiger partial charge in [0.15, 0.2) is 0 Å².